The van der Waals surface area contributed by atoms with E-state index in [1.807, 2.05) is 12.1 Å². The van der Waals surface area contributed by atoms with Crippen molar-refractivity contribution < 1.29 is 5.11 Å². The van der Waals surface area contributed by atoms with Crippen molar-refractivity contribution in [3.8, 4) is 0 Å². The average Bonchev–Trinajstić information content (AvgIpc) is 2.59. The molecule has 0 bridgehead atoms. The second-order valence-corrected chi connectivity index (χ2v) is 5.34. The van der Waals surface area contributed by atoms with Crippen LogP contribution in [0.25, 0.3) is 0 Å². The Morgan fingerprint density at radius 2 is 2.11 bits per heavy atom. The fourth-order valence-corrected chi connectivity index (χ4v) is 2.81. The van der Waals surface area contributed by atoms with E-state index in [2.05, 4.69) is 29.7 Å². The van der Waals surface area contributed by atoms with Gasteiger partial charge in [-0.1, -0.05) is 30.7 Å². The second kappa shape index (κ2) is 7.34. The van der Waals surface area contributed by atoms with Crippen molar-refractivity contribution in [1.29, 1.82) is 0 Å². The van der Waals surface area contributed by atoms with E-state index in [1.165, 1.54) is 24.9 Å². The topological polar surface area (TPSA) is 23.5 Å². The van der Waals surface area contributed by atoms with Crippen LogP contribution in [-0.2, 0) is 0 Å². The van der Waals surface area contributed by atoms with Crippen LogP contribution < -0.4 is 4.90 Å². The fraction of sp³-hybridized carbons (Fsp3) is 0.529. The third-order valence-corrected chi connectivity index (χ3v) is 3.88. The first kappa shape index (κ1) is 14.1. The van der Waals surface area contributed by atoms with E-state index in [9.17, 15) is 5.11 Å². The van der Waals surface area contributed by atoms with Gasteiger partial charge in [-0.3, -0.25) is 0 Å². The Labute approximate surface area is 116 Å². The molecule has 0 aliphatic carbocycles. The van der Waals surface area contributed by atoms with Crippen molar-refractivity contribution in [3.05, 3.63) is 42.5 Å². The number of hydrogen-bond acceptors (Lipinski definition) is 2. The highest BCUT2D eigenvalue weighted by Gasteiger charge is 2.20. The van der Waals surface area contributed by atoms with Gasteiger partial charge in [0.25, 0.3) is 0 Å². The second-order valence-electron chi connectivity index (χ2n) is 5.34. The monoisotopic (exact) mass is 259 g/mol. The molecule has 1 aliphatic heterocycles. The zero-order valence-electron chi connectivity index (χ0n) is 11.7. The Balaban J connectivity index is 1.96. The van der Waals surface area contributed by atoms with Crippen LogP contribution in [0.1, 0.15) is 50.2 Å². The highest BCUT2D eigenvalue weighted by molar-refractivity contribution is 5.55. The summed E-state index contributed by atoms with van der Waals surface area (Å²) in [6.45, 7) is 5.92. The van der Waals surface area contributed by atoms with Crippen LogP contribution in [0.4, 0.5) is 5.69 Å². The number of hydrogen-bond donors (Lipinski definition) is 1. The van der Waals surface area contributed by atoms with Crippen molar-refractivity contribution in [3.63, 3.8) is 0 Å². The van der Waals surface area contributed by atoms with Crippen LogP contribution in [0.2, 0.25) is 0 Å². The molecule has 0 saturated carbocycles. The van der Waals surface area contributed by atoms with E-state index in [-0.39, 0.29) is 6.10 Å². The van der Waals surface area contributed by atoms with E-state index < -0.39 is 0 Å². The number of para-hydroxylation sites is 1. The van der Waals surface area contributed by atoms with Crippen LogP contribution in [0.5, 0.6) is 0 Å². The van der Waals surface area contributed by atoms with Crippen molar-refractivity contribution in [2.45, 2.75) is 44.6 Å². The van der Waals surface area contributed by atoms with Crippen molar-refractivity contribution >= 4 is 5.69 Å². The molecule has 1 aromatic rings. The standard InChI is InChI=1S/C17H25NO/c1-2-3-4-5-8-13-18-14-9-12-17(19)15-10-6-7-11-16(15)18/h2,6-7,10-11,17,19H,1,3-5,8-9,12-14H2. The van der Waals surface area contributed by atoms with Gasteiger partial charge in [-0.05, 0) is 38.2 Å². The number of aliphatic hydroxyl groups is 1. The first-order valence-electron chi connectivity index (χ1n) is 7.46. The number of anilines is 1. The van der Waals surface area contributed by atoms with Gasteiger partial charge >= 0.3 is 0 Å². The third-order valence-electron chi connectivity index (χ3n) is 3.88. The number of allylic oxidation sites excluding steroid dienone is 1. The first-order valence-corrected chi connectivity index (χ1v) is 7.46. The summed E-state index contributed by atoms with van der Waals surface area (Å²) in [4.78, 5) is 2.44. The van der Waals surface area contributed by atoms with Crippen LogP contribution >= 0.6 is 0 Å². The summed E-state index contributed by atoms with van der Waals surface area (Å²) in [5, 5.41) is 10.2. The Bertz CT molecular complexity index is 402. The van der Waals surface area contributed by atoms with E-state index >= 15 is 0 Å². The molecule has 2 heteroatoms. The normalized spacial score (nSPS) is 18.8. The molecule has 0 amide bonds. The van der Waals surface area contributed by atoms with Gasteiger partial charge in [0.05, 0.1) is 6.10 Å². The third kappa shape index (κ3) is 3.84. The van der Waals surface area contributed by atoms with Gasteiger partial charge in [-0.2, -0.15) is 0 Å². The minimum Gasteiger partial charge on any atom is -0.388 e. The Morgan fingerprint density at radius 1 is 1.26 bits per heavy atom. The number of nitrogens with zero attached hydrogens (tertiary/aromatic N) is 1. The lowest BCUT2D eigenvalue weighted by atomic mass is 10.0. The van der Waals surface area contributed by atoms with Crippen molar-refractivity contribution in [2.24, 2.45) is 0 Å². The van der Waals surface area contributed by atoms with E-state index in [0.29, 0.717) is 0 Å². The summed E-state index contributed by atoms with van der Waals surface area (Å²) in [6, 6.07) is 8.31. The van der Waals surface area contributed by atoms with Crippen LogP contribution in [0.15, 0.2) is 36.9 Å². The maximum atomic E-state index is 10.2. The molecule has 0 fully saturated rings. The largest absolute Gasteiger partial charge is 0.388 e. The molecule has 0 spiro atoms. The van der Waals surface area contributed by atoms with Gasteiger partial charge in [-0.25, -0.2) is 0 Å². The van der Waals surface area contributed by atoms with Gasteiger partial charge in [0.15, 0.2) is 0 Å². The molecule has 1 heterocycles. The molecule has 19 heavy (non-hydrogen) atoms. The quantitative estimate of drug-likeness (QED) is 0.615. The number of aliphatic hydroxyl groups excluding tert-OH is 1. The zero-order chi connectivity index (χ0) is 13.5. The molecule has 1 unspecified atom stereocenters. The predicted octanol–water partition coefficient (Wildman–Crippen LogP) is 4.07. The predicted molar refractivity (Wildman–Crippen MR) is 81.5 cm³/mol. The summed E-state index contributed by atoms with van der Waals surface area (Å²) in [5.74, 6) is 0. The Kier molecular flexibility index (Phi) is 5.46. The highest BCUT2D eigenvalue weighted by Crippen LogP contribution is 2.32. The first-order chi connectivity index (χ1) is 9.33. The van der Waals surface area contributed by atoms with Crippen molar-refractivity contribution in [1.82, 2.24) is 0 Å². The maximum absolute atomic E-state index is 10.2. The van der Waals surface area contributed by atoms with Gasteiger partial charge < -0.3 is 10.0 Å². The van der Waals surface area contributed by atoms with Gasteiger partial charge in [0, 0.05) is 24.3 Å². The number of benzene rings is 1. The summed E-state index contributed by atoms with van der Waals surface area (Å²) < 4.78 is 0. The molecule has 1 atom stereocenters. The number of unbranched alkanes of at least 4 members (excludes halogenated alkanes) is 3. The molecule has 2 rings (SSSR count). The summed E-state index contributed by atoms with van der Waals surface area (Å²) in [7, 11) is 0. The van der Waals surface area contributed by atoms with E-state index in [0.717, 1.165) is 37.9 Å². The molecular weight excluding hydrogens is 234 g/mol. The molecular formula is C17H25NO. The maximum Gasteiger partial charge on any atom is 0.0810 e. The lowest BCUT2D eigenvalue weighted by Gasteiger charge is -2.25. The molecule has 0 radical (unpaired) electrons. The molecule has 0 saturated heterocycles. The lowest BCUT2D eigenvalue weighted by Crippen LogP contribution is -2.25. The Hall–Kier alpha value is -1.28. The number of fused-ring (bicyclic) bond motifs is 1. The minimum atomic E-state index is -0.290. The molecule has 0 aromatic heterocycles. The molecule has 104 valence electrons. The van der Waals surface area contributed by atoms with Crippen LogP contribution in [-0.4, -0.2) is 18.2 Å². The van der Waals surface area contributed by atoms with Gasteiger partial charge in [0.2, 0.25) is 0 Å². The SMILES string of the molecule is C=CCCCCCN1CCCC(O)c2ccccc21. The summed E-state index contributed by atoms with van der Waals surface area (Å²) >= 11 is 0. The summed E-state index contributed by atoms with van der Waals surface area (Å²) in [6.07, 6.45) is 8.49. The van der Waals surface area contributed by atoms with Crippen molar-refractivity contribution in [2.75, 3.05) is 18.0 Å². The van der Waals surface area contributed by atoms with Crippen LogP contribution in [0.3, 0.4) is 0 Å². The molecule has 1 aliphatic rings. The summed E-state index contributed by atoms with van der Waals surface area (Å²) in [5.41, 5.74) is 2.34. The smallest absolute Gasteiger partial charge is 0.0810 e. The number of rotatable bonds is 6. The fourth-order valence-electron chi connectivity index (χ4n) is 2.81. The van der Waals surface area contributed by atoms with E-state index in [4.69, 9.17) is 0 Å². The average molecular weight is 259 g/mol. The van der Waals surface area contributed by atoms with Gasteiger partial charge in [-0.15, -0.1) is 6.58 Å². The molecule has 1 N–H and O–H groups in total. The van der Waals surface area contributed by atoms with E-state index in [1.54, 1.807) is 0 Å². The highest BCUT2D eigenvalue weighted by atomic mass is 16.3. The molecule has 2 nitrogen and oxygen atoms in total. The zero-order valence-corrected chi connectivity index (χ0v) is 11.7. The van der Waals surface area contributed by atoms with Crippen LogP contribution in [0, 0.1) is 0 Å². The lowest BCUT2D eigenvalue weighted by molar-refractivity contribution is 0.168. The van der Waals surface area contributed by atoms with Gasteiger partial charge in [0.1, 0.15) is 0 Å². The Morgan fingerprint density at radius 3 is 2.95 bits per heavy atom. The minimum absolute atomic E-state index is 0.290. The molecule has 1 aromatic carbocycles.